The molecule has 0 spiro atoms. The first-order valence-electron chi connectivity index (χ1n) is 7.03. The molecule has 1 heterocycles. The molecule has 0 saturated heterocycles. The Hall–Kier alpha value is -2.50. The van der Waals surface area contributed by atoms with Gasteiger partial charge in [-0.2, -0.15) is 0 Å². The van der Waals surface area contributed by atoms with Gasteiger partial charge in [0.2, 0.25) is 5.91 Å². The van der Waals surface area contributed by atoms with Gasteiger partial charge in [-0.25, -0.2) is 9.37 Å². The highest BCUT2D eigenvalue weighted by Crippen LogP contribution is 2.04. The first-order valence-corrected chi connectivity index (χ1v) is 7.03. The third-order valence-electron chi connectivity index (χ3n) is 3.35. The van der Waals surface area contributed by atoms with Crippen LogP contribution in [-0.2, 0) is 17.8 Å². The van der Waals surface area contributed by atoms with Gasteiger partial charge in [0, 0.05) is 24.2 Å². The molecule has 0 fully saturated rings. The van der Waals surface area contributed by atoms with Gasteiger partial charge in [0.15, 0.2) is 0 Å². The van der Waals surface area contributed by atoms with E-state index in [1.165, 1.54) is 12.1 Å². The fourth-order valence-corrected chi connectivity index (χ4v) is 2.18. The molecule has 2 N–H and O–H groups in total. The Kier molecular flexibility index (Phi) is 5.04. The van der Waals surface area contributed by atoms with Crippen LogP contribution in [0, 0.1) is 19.7 Å². The highest BCUT2D eigenvalue weighted by molar-refractivity contribution is 5.76. The molecule has 0 aliphatic heterocycles. The Balaban J connectivity index is 1.88. The Bertz CT molecular complexity index is 723. The first kappa shape index (κ1) is 15.9. The van der Waals surface area contributed by atoms with E-state index < -0.39 is 0 Å². The summed E-state index contributed by atoms with van der Waals surface area (Å²) in [6.45, 7) is 3.81. The first-order chi connectivity index (χ1) is 10.5. The van der Waals surface area contributed by atoms with Crippen LogP contribution in [0.4, 0.5) is 4.39 Å². The van der Waals surface area contributed by atoms with Gasteiger partial charge in [0.25, 0.3) is 5.56 Å². The molecule has 1 aromatic heterocycles. The number of H-pyrrole nitrogens is 1. The molecule has 1 aromatic carbocycles. The van der Waals surface area contributed by atoms with Crippen LogP contribution in [0.3, 0.4) is 0 Å². The third-order valence-corrected chi connectivity index (χ3v) is 3.35. The lowest BCUT2D eigenvalue weighted by molar-refractivity contribution is -0.121. The third kappa shape index (κ3) is 4.25. The molecule has 0 aliphatic rings. The predicted molar refractivity (Wildman–Crippen MR) is 80.9 cm³/mol. The number of carbonyl (C=O) groups excluding carboxylic acids is 1. The molecule has 0 bridgehead atoms. The van der Waals surface area contributed by atoms with Crippen molar-refractivity contribution in [3.63, 3.8) is 0 Å². The number of carbonyl (C=O) groups is 1. The average Bonchev–Trinajstić information content (AvgIpc) is 2.45. The molecule has 0 radical (unpaired) electrons. The van der Waals surface area contributed by atoms with Crippen LogP contribution in [0.2, 0.25) is 0 Å². The molecule has 2 aromatic rings. The van der Waals surface area contributed by atoms with Gasteiger partial charge in [-0.1, -0.05) is 12.1 Å². The predicted octanol–water partition coefficient (Wildman–Crippen LogP) is 1.77. The molecule has 5 nitrogen and oxygen atoms in total. The maximum atomic E-state index is 12.8. The van der Waals surface area contributed by atoms with Crippen molar-refractivity contribution in [2.75, 3.05) is 0 Å². The molecule has 0 saturated carbocycles. The van der Waals surface area contributed by atoms with Crippen molar-refractivity contribution in [1.29, 1.82) is 0 Å². The van der Waals surface area contributed by atoms with Gasteiger partial charge in [0.05, 0.1) is 0 Å². The van der Waals surface area contributed by atoms with Crippen molar-refractivity contribution in [2.45, 2.75) is 33.2 Å². The smallest absolute Gasteiger partial charge is 0.254 e. The van der Waals surface area contributed by atoms with Crippen molar-refractivity contribution in [3.8, 4) is 0 Å². The Labute approximate surface area is 127 Å². The molecule has 116 valence electrons. The summed E-state index contributed by atoms with van der Waals surface area (Å²) in [7, 11) is 0. The van der Waals surface area contributed by atoms with Gasteiger partial charge >= 0.3 is 0 Å². The summed E-state index contributed by atoms with van der Waals surface area (Å²) >= 11 is 0. The normalized spacial score (nSPS) is 10.5. The lowest BCUT2D eigenvalue weighted by atomic mass is 10.1. The Morgan fingerprint density at radius 3 is 2.59 bits per heavy atom. The van der Waals surface area contributed by atoms with Gasteiger partial charge in [-0.05, 0) is 38.0 Å². The lowest BCUT2D eigenvalue weighted by Gasteiger charge is -2.07. The van der Waals surface area contributed by atoms with Crippen molar-refractivity contribution < 1.29 is 9.18 Å². The van der Waals surface area contributed by atoms with E-state index in [2.05, 4.69) is 15.3 Å². The molecular weight excluding hydrogens is 285 g/mol. The topological polar surface area (TPSA) is 74.8 Å². The zero-order valence-electron chi connectivity index (χ0n) is 12.6. The summed E-state index contributed by atoms with van der Waals surface area (Å²) in [5.74, 6) is 0.0901. The van der Waals surface area contributed by atoms with Crippen molar-refractivity contribution in [1.82, 2.24) is 15.3 Å². The fraction of sp³-hybridized carbons (Fsp3) is 0.312. The number of aryl methyl sites for hydroxylation is 2. The molecule has 2 rings (SSSR count). The number of aromatic nitrogens is 2. The van der Waals surface area contributed by atoms with Crippen LogP contribution in [0.5, 0.6) is 0 Å². The number of amides is 1. The van der Waals surface area contributed by atoms with E-state index in [0.717, 1.165) is 5.56 Å². The standard InChI is InChI=1S/C16H18FN3O2/c1-10-14(16(22)20-11(2)19-10)7-8-15(21)18-9-12-3-5-13(17)6-4-12/h3-6H,7-9H2,1-2H3,(H,18,21)(H,19,20,22). The molecule has 6 heteroatoms. The number of hydrogen-bond donors (Lipinski definition) is 2. The van der Waals surface area contributed by atoms with Crippen molar-refractivity contribution >= 4 is 5.91 Å². The summed E-state index contributed by atoms with van der Waals surface area (Å²) in [5, 5.41) is 2.74. The van der Waals surface area contributed by atoms with E-state index in [0.29, 0.717) is 30.0 Å². The second-order valence-corrected chi connectivity index (χ2v) is 5.12. The van der Waals surface area contributed by atoms with Gasteiger partial charge in [0.1, 0.15) is 11.6 Å². The molecular formula is C16H18FN3O2. The number of aromatic amines is 1. The van der Waals surface area contributed by atoms with E-state index in [4.69, 9.17) is 0 Å². The lowest BCUT2D eigenvalue weighted by Crippen LogP contribution is -2.25. The number of benzene rings is 1. The number of halogens is 1. The second kappa shape index (κ2) is 6.98. The molecule has 0 atom stereocenters. The van der Waals surface area contributed by atoms with Gasteiger partial charge in [-0.15, -0.1) is 0 Å². The highest BCUT2D eigenvalue weighted by atomic mass is 19.1. The van der Waals surface area contributed by atoms with E-state index in [1.807, 2.05) is 0 Å². The molecule has 0 unspecified atom stereocenters. The van der Waals surface area contributed by atoms with Gasteiger partial charge in [-0.3, -0.25) is 9.59 Å². The van der Waals surface area contributed by atoms with Crippen LogP contribution in [0.15, 0.2) is 29.1 Å². The van der Waals surface area contributed by atoms with E-state index >= 15 is 0 Å². The molecule has 0 aliphatic carbocycles. The van der Waals surface area contributed by atoms with Crippen LogP contribution < -0.4 is 10.9 Å². The number of rotatable bonds is 5. The quantitative estimate of drug-likeness (QED) is 0.884. The van der Waals surface area contributed by atoms with Crippen LogP contribution >= 0.6 is 0 Å². The van der Waals surface area contributed by atoms with E-state index in [9.17, 15) is 14.0 Å². The summed E-state index contributed by atoms with van der Waals surface area (Å²) in [4.78, 5) is 30.5. The summed E-state index contributed by atoms with van der Waals surface area (Å²) in [5.41, 5.74) is 1.80. The molecule has 22 heavy (non-hydrogen) atoms. The van der Waals surface area contributed by atoms with E-state index in [-0.39, 0.29) is 23.7 Å². The van der Waals surface area contributed by atoms with Crippen LogP contribution in [-0.4, -0.2) is 15.9 Å². The van der Waals surface area contributed by atoms with Gasteiger partial charge < -0.3 is 10.3 Å². The number of nitrogens with zero attached hydrogens (tertiary/aromatic N) is 1. The zero-order valence-corrected chi connectivity index (χ0v) is 12.6. The number of hydrogen-bond acceptors (Lipinski definition) is 3. The average molecular weight is 303 g/mol. The minimum Gasteiger partial charge on any atom is -0.352 e. The minimum atomic E-state index is -0.309. The highest BCUT2D eigenvalue weighted by Gasteiger charge is 2.09. The summed E-state index contributed by atoms with van der Waals surface area (Å²) < 4.78 is 12.8. The number of nitrogens with one attached hydrogen (secondary N) is 2. The van der Waals surface area contributed by atoms with Crippen molar-refractivity contribution in [3.05, 3.63) is 63.1 Å². The van der Waals surface area contributed by atoms with Crippen LogP contribution in [0.1, 0.15) is 29.1 Å². The fourth-order valence-electron chi connectivity index (χ4n) is 2.18. The SMILES string of the molecule is Cc1nc(C)c(CCC(=O)NCc2ccc(F)cc2)c(=O)[nH]1. The summed E-state index contributed by atoms with van der Waals surface area (Å²) in [6.07, 6.45) is 0.541. The Morgan fingerprint density at radius 1 is 1.27 bits per heavy atom. The largest absolute Gasteiger partial charge is 0.352 e. The zero-order chi connectivity index (χ0) is 16.1. The Morgan fingerprint density at radius 2 is 1.95 bits per heavy atom. The van der Waals surface area contributed by atoms with Crippen LogP contribution in [0.25, 0.3) is 0 Å². The second-order valence-electron chi connectivity index (χ2n) is 5.12. The van der Waals surface area contributed by atoms with E-state index in [1.54, 1.807) is 26.0 Å². The summed E-state index contributed by atoms with van der Waals surface area (Å²) in [6, 6.07) is 5.94. The maximum absolute atomic E-state index is 12.8. The maximum Gasteiger partial charge on any atom is 0.254 e. The molecule has 1 amide bonds. The van der Waals surface area contributed by atoms with Crippen molar-refractivity contribution in [2.24, 2.45) is 0 Å². The minimum absolute atomic E-state index is 0.163. The monoisotopic (exact) mass is 303 g/mol.